The number of hydrogen-bond acceptors (Lipinski definition) is 5. The van der Waals surface area contributed by atoms with Gasteiger partial charge in [-0.05, 0) is 49.2 Å². The average molecular weight is 313 g/mol. The van der Waals surface area contributed by atoms with Crippen LogP contribution in [0.3, 0.4) is 0 Å². The molecular weight excluding hydrogens is 298 g/mol. The Labute approximate surface area is 131 Å². The number of aryl methyl sites for hydroxylation is 2. The first-order chi connectivity index (χ1) is 11.0. The van der Waals surface area contributed by atoms with Crippen LogP contribution in [0.5, 0.6) is 11.5 Å². The van der Waals surface area contributed by atoms with Crippen LogP contribution in [0.2, 0.25) is 0 Å². The molecule has 0 bridgehead atoms. The van der Waals surface area contributed by atoms with Gasteiger partial charge in [-0.15, -0.1) is 0 Å². The molecule has 2 N–H and O–H groups in total. The van der Waals surface area contributed by atoms with Crippen LogP contribution in [0.4, 0.5) is 0 Å². The molecule has 1 aliphatic heterocycles. The molecule has 1 aliphatic rings. The third kappa shape index (κ3) is 3.08. The number of nitrogens with one attached hydrogen (secondary N) is 2. The summed E-state index contributed by atoms with van der Waals surface area (Å²) in [5.74, 6) is 0.750. The van der Waals surface area contributed by atoms with Crippen LogP contribution in [0, 0.1) is 13.8 Å². The molecule has 7 heteroatoms. The second kappa shape index (κ2) is 5.96. The van der Waals surface area contributed by atoms with E-state index in [0.717, 1.165) is 5.56 Å². The number of aromatic nitrogens is 1. The number of benzene rings is 1. The van der Waals surface area contributed by atoms with Crippen LogP contribution in [-0.4, -0.2) is 23.9 Å². The number of nitrogens with zero attached hydrogens (tertiary/aromatic N) is 1. The zero-order chi connectivity index (χ0) is 16.4. The minimum atomic E-state index is -0.555. The number of carbonyl (C=O) groups excluding carboxylic acids is 1. The van der Waals surface area contributed by atoms with Crippen molar-refractivity contribution in [3.63, 3.8) is 0 Å². The number of amides is 1. The van der Waals surface area contributed by atoms with Crippen molar-refractivity contribution in [1.82, 2.24) is 10.4 Å². The highest BCUT2D eigenvalue weighted by Crippen LogP contribution is 2.31. The van der Waals surface area contributed by atoms with Gasteiger partial charge in [-0.1, -0.05) is 0 Å². The SMILES string of the molecule is Cc1cc(C)c(C(=O)N/N=C\c2ccc3c(c2)OCO3)c(=O)[nH]1. The van der Waals surface area contributed by atoms with E-state index < -0.39 is 11.5 Å². The largest absolute Gasteiger partial charge is 0.454 e. The maximum atomic E-state index is 12.1. The highest BCUT2D eigenvalue weighted by Gasteiger charge is 2.14. The number of fused-ring (bicyclic) bond motifs is 1. The molecule has 1 aromatic carbocycles. The fourth-order valence-electron chi connectivity index (χ4n) is 2.35. The van der Waals surface area contributed by atoms with Crippen LogP contribution in [0.15, 0.2) is 34.2 Å². The van der Waals surface area contributed by atoms with Gasteiger partial charge in [-0.2, -0.15) is 5.10 Å². The Morgan fingerprint density at radius 1 is 1.26 bits per heavy atom. The maximum absolute atomic E-state index is 12.1. The summed E-state index contributed by atoms with van der Waals surface area (Å²) >= 11 is 0. The molecule has 118 valence electrons. The first-order valence-corrected chi connectivity index (χ1v) is 6.98. The number of carbonyl (C=O) groups is 1. The molecule has 1 aromatic heterocycles. The van der Waals surface area contributed by atoms with Gasteiger partial charge in [-0.3, -0.25) is 9.59 Å². The number of H-pyrrole nitrogens is 1. The summed E-state index contributed by atoms with van der Waals surface area (Å²) in [6.07, 6.45) is 1.47. The number of hydrazone groups is 1. The summed E-state index contributed by atoms with van der Waals surface area (Å²) in [6.45, 7) is 3.66. The molecule has 0 saturated heterocycles. The molecule has 0 spiro atoms. The lowest BCUT2D eigenvalue weighted by Crippen LogP contribution is -2.28. The van der Waals surface area contributed by atoms with Crippen molar-refractivity contribution in [2.45, 2.75) is 13.8 Å². The normalized spacial score (nSPS) is 12.6. The van der Waals surface area contributed by atoms with E-state index in [9.17, 15) is 9.59 Å². The van der Waals surface area contributed by atoms with E-state index in [1.807, 2.05) is 0 Å². The zero-order valence-electron chi connectivity index (χ0n) is 12.7. The van der Waals surface area contributed by atoms with Crippen LogP contribution < -0.4 is 20.5 Å². The van der Waals surface area contributed by atoms with Gasteiger partial charge in [-0.25, -0.2) is 5.43 Å². The van der Waals surface area contributed by atoms with Gasteiger partial charge in [0.2, 0.25) is 6.79 Å². The lowest BCUT2D eigenvalue weighted by atomic mass is 10.1. The Bertz CT molecular complexity index is 855. The third-order valence-electron chi connectivity index (χ3n) is 3.37. The Morgan fingerprint density at radius 2 is 2.04 bits per heavy atom. The Balaban J connectivity index is 1.73. The molecule has 7 nitrogen and oxygen atoms in total. The average Bonchev–Trinajstić information content (AvgIpc) is 2.93. The summed E-state index contributed by atoms with van der Waals surface area (Å²) in [5.41, 5.74) is 4.02. The van der Waals surface area contributed by atoms with E-state index in [1.54, 1.807) is 38.1 Å². The van der Waals surface area contributed by atoms with Crippen LogP contribution in [0.1, 0.15) is 27.2 Å². The molecule has 2 aromatic rings. The van der Waals surface area contributed by atoms with Gasteiger partial charge >= 0.3 is 0 Å². The lowest BCUT2D eigenvalue weighted by Gasteiger charge is -2.04. The third-order valence-corrected chi connectivity index (χ3v) is 3.37. The molecule has 0 fully saturated rings. The van der Waals surface area contributed by atoms with Crippen molar-refractivity contribution in [2.24, 2.45) is 5.10 Å². The molecule has 0 radical (unpaired) electrons. The predicted octanol–water partition coefficient (Wildman–Crippen LogP) is 1.48. The van der Waals surface area contributed by atoms with Gasteiger partial charge < -0.3 is 14.5 Å². The van der Waals surface area contributed by atoms with E-state index in [2.05, 4.69) is 15.5 Å². The number of hydrogen-bond donors (Lipinski definition) is 2. The Morgan fingerprint density at radius 3 is 2.83 bits per heavy atom. The van der Waals surface area contributed by atoms with Crippen molar-refractivity contribution >= 4 is 12.1 Å². The highest BCUT2D eigenvalue weighted by atomic mass is 16.7. The van der Waals surface area contributed by atoms with Crippen LogP contribution in [0.25, 0.3) is 0 Å². The first kappa shape index (κ1) is 14.8. The molecule has 0 aliphatic carbocycles. The molecule has 23 heavy (non-hydrogen) atoms. The quantitative estimate of drug-likeness (QED) is 0.663. The van der Waals surface area contributed by atoms with Crippen molar-refractivity contribution < 1.29 is 14.3 Å². The summed E-state index contributed by atoms with van der Waals surface area (Å²) in [6, 6.07) is 7.03. The smallest absolute Gasteiger partial charge is 0.277 e. The second-order valence-electron chi connectivity index (χ2n) is 5.15. The van der Waals surface area contributed by atoms with E-state index in [4.69, 9.17) is 9.47 Å². The van der Waals surface area contributed by atoms with Gasteiger partial charge in [0.1, 0.15) is 5.56 Å². The van der Waals surface area contributed by atoms with Gasteiger partial charge in [0.15, 0.2) is 11.5 Å². The number of ether oxygens (including phenoxy) is 2. The summed E-state index contributed by atoms with van der Waals surface area (Å²) in [4.78, 5) is 26.5. The lowest BCUT2D eigenvalue weighted by molar-refractivity contribution is 0.0953. The molecule has 2 heterocycles. The van der Waals surface area contributed by atoms with Crippen LogP contribution >= 0.6 is 0 Å². The predicted molar refractivity (Wildman–Crippen MR) is 84.2 cm³/mol. The Hall–Kier alpha value is -3.09. The van der Waals surface area contributed by atoms with E-state index in [-0.39, 0.29) is 12.4 Å². The van der Waals surface area contributed by atoms with E-state index in [1.165, 1.54) is 6.21 Å². The van der Waals surface area contributed by atoms with Crippen molar-refractivity contribution in [1.29, 1.82) is 0 Å². The van der Waals surface area contributed by atoms with E-state index in [0.29, 0.717) is 22.8 Å². The Kier molecular flexibility index (Phi) is 3.84. The van der Waals surface area contributed by atoms with Crippen LogP contribution in [-0.2, 0) is 0 Å². The van der Waals surface area contributed by atoms with Crippen molar-refractivity contribution in [3.05, 3.63) is 57.0 Å². The first-order valence-electron chi connectivity index (χ1n) is 6.98. The van der Waals surface area contributed by atoms with Crippen molar-refractivity contribution in [3.8, 4) is 11.5 Å². The maximum Gasteiger partial charge on any atom is 0.277 e. The molecule has 3 rings (SSSR count). The molecular formula is C16H15N3O4. The molecule has 1 amide bonds. The summed E-state index contributed by atoms with van der Waals surface area (Å²) in [7, 11) is 0. The molecule has 0 atom stereocenters. The topological polar surface area (TPSA) is 92.8 Å². The van der Waals surface area contributed by atoms with E-state index >= 15 is 0 Å². The summed E-state index contributed by atoms with van der Waals surface area (Å²) < 4.78 is 10.5. The monoisotopic (exact) mass is 313 g/mol. The number of aromatic amines is 1. The molecule has 0 unspecified atom stereocenters. The fraction of sp³-hybridized carbons (Fsp3) is 0.188. The fourth-order valence-corrected chi connectivity index (χ4v) is 2.35. The minimum Gasteiger partial charge on any atom is -0.454 e. The van der Waals surface area contributed by atoms with Gasteiger partial charge in [0.05, 0.1) is 6.21 Å². The van der Waals surface area contributed by atoms with Gasteiger partial charge in [0.25, 0.3) is 11.5 Å². The minimum absolute atomic E-state index is 0.0541. The zero-order valence-corrected chi connectivity index (χ0v) is 12.7. The second-order valence-corrected chi connectivity index (χ2v) is 5.15. The standard InChI is InChI=1S/C16H15N3O4/c1-9-5-10(2)18-15(20)14(9)16(21)19-17-7-11-3-4-12-13(6-11)23-8-22-12/h3-7H,8H2,1-2H3,(H,18,20)(H,19,21)/b17-7-. The summed E-state index contributed by atoms with van der Waals surface area (Å²) in [5, 5.41) is 3.87. The number of rotatable bonds is 3. The molecule has 0 saturated carbocycles. The number of pyridine rings is 1. The highest BCUT2D eigenvalue weighted by molar-refractivity contribution is 5.95. The van der Waals surface area contributed by atoms with Gasteiger partial charge in [0, 0.05) is 5.69 Å². The van der Waals surface area contributed by atoms with Crippen molar-refractivity contribution in [2.75, 3.05) is 6.79 Å².